The number of nitrogens with zero attached hydrogens (tertiary/aromatic N) is 1. The molecule has 21 heavy (non-hydrogen) atoms. The van der Waals surface area contributed by atoms with Crippen LogP contribution < -0.4 is 5.73 Å². The van der Waals surface area contributed by atoms with E-state index in [-0.39, 0.29) is 5.82 Å². The Morgan fingerprint density at radius 2 is 2.00 bits per heavy atom. The van der Waals surface area contributed by atoms with Gasteiger partial charge in [0.15, 0.2) is 0 Å². The van der Waals surface area contributed by atoms with Crippen LogP contribution in [0.4, 0.5) is 4.39 Å². The van der Waals surface area contributed by atoms with Crippen LogP contribution in [-0.4, -0.2) is 16.5 Å². The Bertz CT molecular complexity index is 589. The van der Waals surface area contributed by atoms with Crippen molar-refractivity contribution in [1.29, 1.82) is 0 Å². The van der Waals surface area contributed by atoms with E-state index < -0.39 is 0 Å². The van der Waals surface area contributed by atoms with Gasteiger partial charge in [0, 0.05) is 17.7 Å². The van der Waals surface area contributed by atoms with Crippen LogP contribution >= 0.6 is 0 Å². The number of nitrogens with one attached hydrogen (secondary N) is 1. The van der Waals surface area contributed by atoms with Gasteiger partial charge in [0.05, 0.1) is 5.69 Å². The van der Waals surface area contributed by atoms with Crippen molar-refractivity contribution >= 4 is 0 Å². The first kappa shape index (κ1) is 15.7. The molecule has 0 fully saturated rings. The predicted octanol–water partition coefficient (Wildman–Crippen LogP) is 3.69. The Hall–Kier alpha value is -1.68. The van der Waals surface area contributed by atoms with E-state index in [1.54, 1.807) is 12.1 Å². The van der Waals surface area contributed by atoms with E-state index in [2.05, 4.69) is 23.8 Å². The predicted molar refractivity (Wildman–Crippen MR) is 84.4 cm³/mol. The summed E-state index contributed by atoms with van der Waals surface area (Å²) in [6, 6.07) is 6.74. The Labute approximate surface area is 125 Å². The summed E-state index contributed by atoms with van der Waals surface area (Å²) in [5, 5.41) is 0. The van der Waals surface area contributed by atoms with Gasteiger partial charge < -0.3 is 10.7 Å². The van der Waals surface area contributed by atoms with E-state index in [4.69, 9.17) is 5.73 Å². The highest BCUT2D eigenvalue weighted by atomic mass is 19.1. The zero-order chi connectivity index (χ0) is 15.4. The topological polar surface area (TPSA) is 54.7 Å². The number of hydrogen-bond donors (Lipinski definition) is 2. The van der Waals surface area contributed by atoms with E-state index in [1.165, 1.54) is 6.07 Å². The van der Waals surface area contributed by atoms with Gasteiger partial charge in [-0.3, -0.25) is 0 Å². The third kappa shape index (κ3) is 3.91. The monoisotopic (exact) mass is 289 g/mol. The van der Waals surface area contributed by atoms with Crippen LogP contribution in [0, 0.1) is 24.6 Å². The number of H-pyrrole nitrogens is 1. The lowest BCUT2D eigenvalue weighted by Gasteiger charge is -2.15. The summed E-state index contributed by atoms with van der Waals surface area (Å²) in [5.74, 6) is 1.67. The molecule has 2 aromatic rings. The lowest BCUT2D eigenvalue weighted by atomic mass is 9.94. The SMILES string of the molecule is Cc1[nH]c(CC(CN)CC(C)C)nc1-c1ccccc1F. The zero-order valence-electron chi connectivity index (χ0n) is 13.0. The number of aromatic amines is 1. The van der Waals surface area contributed by atoms with E-state index in [0.29, 0.717) is 29.6 Å². The highest BCUT2D eigenvalue weighted by molar-refractivity contribution is 5.62. The number of rotatable bonds is 6. The lowest BCUT2D eigenvalue weighted by Crippen LogP contribution is -2.19. The van der Waals surface area contributed by atoms with Crippen molar-refractivity contribution in [3.05, 3.63) is 41.6 Å². The van der Waals surface area contributed by atoms with Gasteiger partial charge in [-0.05, 0) is 43.9 Å². The molecule has 0 spiro atoms. The Morgan fingerprint density at radius 1 is 1.29 bits per heavy atom. The molecule has 0 aliphatic carbocycles. The minimum Gasteiger partial charge on any atom is -0.346 e. The van der Waals surface area contributed by atoms with E-state index in [9.17, 15) is 4.39 Å². The molecule has 1 unspecified atom stereocenters. The van der Waals surface area contributed by atoms with Crippen molar-refractivity contribution in [2.24, 2.45) is 17.6 Å². The van der Waals surface area contributed by atoms with E-state index in [1.807, 2.05) is 13.0 Å². The van der Waals surface area contributed by atoms with E-state index in [0.717, 1.165) is 24.4 Å². The molecule has 3 N–H and O–H groups in total. The molecule has 2 rings (SSSR count). The third-order valence-corrected chi connectivity index (χ3v) is 3.68. The van der Waals surface area contributed by atoms with Gasteiger partial charge in [0.2, 0.25) is 0 Å². The average Bonchev–Trinajstić information content (AvgIpc) is 2.78. The third-order valence-electron chi connectivity index (χ3n) is 3.68. The maximum atomic E-state index is 13.9. The summed E-state index contributed by atoms with van der Waals surface area (Å²) >= 11 is 0. The molecule has 0 aliphatic rings. The molecule has 1 atom stereocenters. The van der Waals surface area contributed by atoms with Gasteiger partial charge in [0.1, 0.15) is 11.6 Å². The van der Waals surface area contributed by atoms with E-state index >= 15 is 0 Å². The first-order valence-electron chi connectivity index (χ1n) is 7.51. The summed E-state index contributed by atoms with van der Waals surface area (Å²) in [6.07, 6.45) is 1.88. The molecule has 0 amide bonds. The van der Waals surface area contributed by atoms with Crippen LogP contribution in [0.3, 0.4) is 0 Å². The molecule has 3 nitrogen and oxygen atoms in total. The minimum absolute atomic E-state index is 0.240. The number of aryl methyl sites for hydroxylation is 1. The van der Waals surface area contributed by atoms with Crippen LogP contribution in [-0.2, 0) is 6.42 Å². The molecule has 114 valence electrons. The fourth-order valence-electron chi connectivity index (χ4n) is 2.74. The summed E-state index contributed by atoms with van der Waals surface area (Å²) in [4.78, 5) is 7.86. The number of hydrogen-bond acceptors (Lipinski definition) is 2. The maximum absolute atomic E-state index is 13.9. The van der Waals surface area contributed by atoms with Crippen LogP contribution in [0.15, 0.2) is 24.3 Å². The zero-order valence-corrected chi connectivity index (χ0v) is 13.0. The Balaban J connectivity index is 2.21. The van der Waals surface area contributed by atoms with Crippen molar-refractivity contribution in [3.63, 3.8) is 0 Å². The molecular weight excluding hydrogens is 265 g/mol. The maximum Gasteiger partial charge on any atom is 0.132 e. The van der Waals surface area contributed by atoms with Crippen LogP contribution in [0.5, 0.6) is 0 Å². The largest absolute Gasteiger partial charge is 0.346 e. The van der Waals surface area contributed by atoms with Gasteiger partial charge in [-0.15, -0.1) is 0 Å². The highest BCUT2D eigenvalue weighted by Crippen LogP contribution is 2.25. The number of nitrogens with two attached hydrogens (primary N) is 1. The molecule has 1 aromatic carbocycles. The fraction of sp³-hybridized carbons (Fsp3) is 0.471. The molecule has 0 bridgehead atoms. The van der Waals surface area contributed by atoms with Crippen LogP contribution in [0.1, 0.15) is 31.8 Å². The van der Waals surface area contributed by atoms with Crippen molar-refractivity contribution in [1.82, 2.24) is 9.97 Å². The number of benzene rings is 1. The first-order chi connectivity index (χ1) is 10.0. The van der Waals surface area contributed by atoms with Gasteiger partial charge in [-0.25, -0.2) is 9.37 Å². The Morgan fingerprint density at radius 3 is 2.62 bits per heavy atom. The molecule has 1 aromatic heterocycles. The fourth-order valence-corrected chi connectivity index (χ4v) is 2.74. The summed E-state index contributed by atoms with van der Waals surface area (Å²) < 4.78 is 13.9. The van der Waals surface area contributed by atoms with Crippen molar-refractivity contribution in [3.8, 4) is 11.3 Å². The number of halogens is 1. The molecule has 1 heterocycles. The second kappa shape index (κ2) is 6.85. The molecule has 0 radical (unpaired) electrons. The molecule has 0 saturated carbocycles. The van der Waals surface area contributed by atoms with Gasteiger partial charge in [-0.1, -0.05) is 26.0 Å². The second-order valence-corrected chi connectivity index (χ2v) is 6.07. The molecular formula is C17H24FN3. The first-order valence-corrected chi connectivity index (χ1v) is 7.51. The molecule has 0 aliphatic heterocycles. The van der Waals surface area contributed by atoms with Gasteiger partial charge >= 0.3 is 0 Å². The number of imidazole rings is 1. The average molecular weight is 289 g/mol. The Kier molecular flexibility index (Phi) is 5.12. The molecule has 0 saturated heterocycles. The minimum atomic E-state index is -0.240. The standard InChI is InChI=1S/C17H24FN3/c1-11(2)8-13(10-19)9-16-20-12(3)17(21-16)14-6-4-5-7-15(14)18/h4-7,11,13H,8-10,19H2,1-3H3,(H,20,21). The smallest absolute Gasteiger partial charge is 0.132 e. The van der Waals surface area contributed by atoms with Crippen molar-refractivity contribution < 1.29 is 4.39 Å². The molecule has 4 heteroatoms. The van der Waals surface area contributed by atoms with Crippen LogP contribution in [0.2, 0.25) is 0 Å². The normalized spacial score (nSPS) is 12.9. The quantitative estimate of drug-likeness (QED) is 0.852. The number of aromatic nitrogens is 2. The van der Waals surface area contributed by atoms with Gasteiger partial charge in [-0.2, -0.15) is 0 Å². The summed E-state index contributed by atoms with van der Waals surface area (Å²) in [6.45, 7) is 6.97. The highest BCUT2D eigenvalue weighted by Gasteiger charge is 2.16. The second-order valence-electron chi connectivity index (χ2n) is 6.07. The van der Waals surface area contributed by atoms with Crippen molar-refractivity contribution in [2.45, 2.75) is 33.6 Å². The summed E-state index contributed by atoms with van der Waals surface area (Å²) in [5.41, 5.74) is 7.99. The lowest BCUT2D eigenvalue weighted by molar-refractivity contribution is 0.409. The van der Waals surface area contributed by atoms with Gasteiger partial charge in [0.25, 0.3) is 0 Å². The van der Waals surface area contributed by atoms with Crippen LogP contribution in [0.25, 0.3) is 11.3 Å². The van der Waals surface area contributed by atoms with Crippen molar-refractivity contribution in [2.75, 3.05) is 6.54 Å². The summed E-state index contributed by atoms with van der Waals surface area (Å²) in [7, 11) is 0.